The van der Waals surface area contributed by atoms with E-state index in [4.69, 9.17) is 33.2 Å². The van der Waals surface area contributed by atoms with E-state index in [2.05, 4.69) is 23.1 Å². The van der Waals surface area contributed by atoms with E-state index in [1.807, 2.05) is 42.5 Å². The lowest BCUT2D eigenvalue weighted by molar-refractivity contribution is 0.0359. The first kappa shape index (κ1) is 25.0. The van der Waals surface area contributed by atoms with E-state index in [-0.39, 0.29) is 24.1 Å². The number of halogens is 2. The Morgan fingerprint density at radius 2 is 1.64 bits per heavy atom. The normalized spacial score (nSPS) is 20.7. The van der Waals surface area contributed by atoms with Crippen molar-refractivity contribution in [3.63, 3.8) is 0 Å². The van der Waals surface area contributed by atoms with Crippen molar-refractivity contribution in [3.05, 3.63) is 99.0 Å². The van der Waals surface area contributed by atoms with Crippen molar-refractivity contribution in [3.8, 4) is 11.8 Å². The van der Waals surface area contributed by atoms with Crippen molar-refractivity contribution in [2.24, 2.45) is 0 Å². The highest BCUT2D eigenvalue weighted by molar-refractivity contribution is 7.97. The molecule has 5 rings (SSSR count). The fraction of sp³-hybridized carbons (Fsp3) is 0.310. The summed E-state index contributed by atoms with van der Waals surface area (Å²) in [5.41, 5.74) is 3.67. The lowest BCUT2D eigenvalue weighted by Crippen LogP contribution is -2.49. The van der Waals surface area contributed by atoms with Gasteiger partial charge in [-0.15, -0.1) is 0 Å². The van der Waals surface area contributed by atoms with Gasteiger partial charge in [0.05, 0.1) is 21.7 Å². The fourth-order valence-electron chi connectivity index (χ4n) is 5.20. The number of thioether (sulfide) groups is 1. The van der Waals surface area contributed by atoms with Crippen molar-refractivity contribution in [2.45, 2.75) is 55.4 Å². The van der Waals surface area contributed by atoms with E-state index in [0.29, 0.717) is 15.6 Å². The molecule has 0 spiro atoms. The molecule has 0 N–H and O–H groups in total. The van der Waals surface area contributed by atoms with E-state index < -0.39 is 0 Å². The summed E-state index contributed by atoms with van der Waals surface area (Å²) in [5.74, 6) is 2.54. The molecule has 2 heterocycles. The van der Waals surface area contributed by atoms with Gasteiger partial charge in [-0.3, -0.25) is 4.79 Å². The summed E-state index contributed by atoms with van der Waals surface area (Å²) in [6.07, 6.45) is 3.73. The first-order valence-electron chi connectivity index (χ1n) is 12.1. The van der Waals surface area contributed by atoms with E-state index in [0.717, 1.165) is 54.1 Å². The standard InChI is InChI=1S/C29H26Cl2N2O2S/c30-27-11-6-21(13-28(27)31)18-36-17-19-4-7-22(8-5-19)29(34)33-23-9-10-24(33)15-26(14-23)35-25-3-1-2-20(12-25)16-32/h1-8,11-13,23-24,26H,9-10,14-15,17-18H2. The Balaban J connectivity index is 1.16. The van der Waals surface area contributed by atoms with Crippen LogP contribution in [0, 0.1) is 11.3 Å². The number of amides is 1. The van der Waals surface area contributed by atoms with Gasteiger partial charge >= 0.3 is 0 Å². The Labute approximate surface area is 226 Å². The Bertz CT molecular complexity index is 1280. The molecule has 0 saturated carbocycles. The van der Waals surface area contributed by atoms with Crippen LogP contribution in [0.1, 0.15) is 52.7 Å². The van der Waals surface area contributed by atoms with Crippen LogP contribution in [-0.2, 0) is 11.5 Å². The number of hydrogen-bond donors (Lipinski definition) is 0. The summed E-state index contributed by atoms with van der Waals surface area (Å²) in [4.78, 5) is 15.5. The van der Waals surface area contributed by atoms with Crippen LogP contribution in [0.25, 0.3) is 0 Å². The number of nitrogens with zero attached hydrogens (tertiary/aromatic N) is 2. The molecule has 2 aliphatic heterocycles. The van der Waals surface area contributed by atoms with Crippen LogP contribution in [-0.4, -0.2) is 29.0 Å². The molecule has 2 bridgehead atoms. The smallest absolute Gasteiger partial charge is 0.254 e. The summed E-state index contributed by atoms with van der Waals surface area (Å²) < 4.78 is 6.20. The second-order valence-electron chi connectivity index (χ2n) is 9.39. The molecule has 184 valence electrons. The Morgan fingerprint density at radius 1 is 0.944 bits per heavy atom. The maximum absolute atomic E-state index is 13.4. The Hall–Kier alpha value is -2.65. The molecule has 36 heavy (non-hydrogen) atoms. The van der Waals surface area contributed by atoms with E-state index in [1.165, 1.54) is 5.56 Å². The molecular formula is C29H26Cl2N2O2S. The third-order valence-electron chi connectivity index (χ3n) is 6.91. The minimum Gasteiger partial charge on any atom is -0.490 e. The monoisotopic (exact) mass is 536 g/mol. The number of hydrogen-bond acceptors (Lipinski definition) is 4. The number of nitriles is 1. The average molecular weight is 538 g/mol. The molecule has 0 aliphatic carbocycles. The Morgan fingerprint density at radius 3 is 2.33 bits per heavy atom. The van der Waals surface area contributed by atoms with E-state index in [9.17, 15) is 4.79 Å². The molecule has 3 aromatic carbocycles. The van der Waals surface area contributed by atoms with Gasteiger partial charge < -0.3 is 9.64 Å². The molecule has 0 radical (unpaired) electrons. The minimum absolute atomic E-state index is 0.0652. The number of carbonyl (C=O) groups is 1. The number of fused-ring (bicyclic) bond motifs is 2. The maximum atomic E-state index is 13.4. The second kappa shape index (κ2) is 11.2. The zero-order valence-corrected chi connectivity index (χ0v) is 22.0. The average Bonchev–Trinajstić information content (AvgIpc) is 3.16. The van der Waals surface area contributed by atoms with Gasteiger partial charge in [-0.1, -0.05) is 47.5 Å². The van der Waals surface area contributed by atoms with Gasteiger partial charge in [0.1, 0.15) is 11.9 Å². The number of carbonyl (C=O) groups excluding carboxylic acids is 1. The fourth-order valence-corrected chi connectivity index (χ4v) is 6.46. The zero-order valence-electron chi connectivity index (χ0n) is 19.7. The third kappa shape index (κ3) is 5.67. The SMILES string of the molecule is N#Cc1cccc(OC2CC3CCC(C2)N3C(=O)c2ccc(CSCc3ccc(Cl)c(Cl)c3)cc2)c1. The van der Waals surface area contributed by atoms with Crippen molar-refractivity contribution in [2.75, 3.05) is 0 Å². The predicted molar refractivity (Wildman–Crippen MR) is 146 cm³/mol. The highest BCUT2D eigenvalue weighted by atomic mass is 35.5. The quantitative estimate of drug-likeness (QED) is 0.313. The predicted octanol–water partition coefficient (Wildman–Crippen LogP) is 7.51. The Kier molecular flexibility index (Phi) is 7.76. The lowest BCUT2D eigenvalue weighted by atomic mass is 9.98. The third-order valence-corrected chi connectivity index (χ3v) is 8.73. The topological polar surface area (TPSA) is 53.3 Å². The summed E-state index contributed by atoms with van der Waals surface area (Å²) in [6.45, 7) is 0. The van der Waals surface area contributed by atoms with Crippen LogP contribution in [0.5, 0.6) is 5.75 Å². The summed E-state index contributed by atoms with van der Waals surface area (Å²) in [6, 6.07) is 23.6. The molecule has 1 amide bonds. The summed E-state index contributed by atoms with van der Waals surface area (Å²) >= 11 is 13.9. The van der Waals surface area contributed by atoms with Crippen LogP contribution >= 0.6 is 35.0 Å². The van der Waals surface area contributed by atoms with Crippen molar-refractivity contribution < 1.29 is 9.53 Å². The maximum Gasteiger partial charge on any atom is 0.254 e. The molecule has 7 heteroatoms. The molecule has 4 nitrogen and oxygen atoms in total. The number of ether oxygens (including phenoxy) is 1. The van der Waals surface area contributed by atoms with Crippen LogP contribution in [0.3, 0.4) is 0 Å². The van der Waals surface area contributed by atoms with Crippen molar-refractivity contribution in [1.29, 1.82) is 5.26 Å². The second-order valence-corrected chi connectivity index (χ2v) is 11.2. The van der Waals surface area contributed by atoms with Gasteiger partial charge in [0, 0.05) is 42.0 Å². The molecule has 2 fully saturated rings. The van der Waals surface area contributed by atoms with Gasteiger partial charge in [-0.05, 0) is 66.4 Å². The van der Waals surface area contributed by atoms with Crippen LogP contribution < -0.4 is 4.74 Å². The highest BCUT2D eigenvalue weighted by Gasteiger charge is 2.44. The van der Waals surface area contributed by atoms with E-state index in [1.54, 1.807) is 23.9 Å². The highest BCUT2D eigenvalue weighted by Crippen LogP contribution is 2.38. The summed E-state index contributed by atoms with van der Waals surface area (Å²) in [7, 11) is 0. The number of rotatable bonds is 7. The first-order chi connectivity index (χ1) is 17.5. The van der Waals surface area contributed by atoms with Crippen LogP contribution in [0.4, 0.5) is 0 Å². The molecule has 0 aromatic heterocycles. The van der Waals surface area contributed by atoms with E-state index >= 15 is 0 Å². The number of benzene rings is 3. The van der Waals surface area contributed by atoms with Gasteiger partial charge in [0.2, 0.25) is 0 Å². The van der Waals surface area contributed by atoms with Gasteiger partial charge in [0.25, 0.3) is 5.91 Å². The minimum atomic E-state index is 0.0652. The molecule has 2 saturated heterocycles. The number of piperidine rings is 1. The lowest BCUT2D eigenvalue weighted by Gasteiger charge is -2.39. The largest absolute Gasteiger partial charge is 0.490 e. The molecule has 3 aromatic rings. The molecule has 2 aliphatic rings. The summed E-state index contributed by atoms with van der Waals surface area (Å²) in [5, 5.41) is 10.3. The van der Waals surface area contributed by atoms with Gasteiger partial charge in [-0.25, -0.2) is 0 Å². The van der Waals surface area contributed by atoms with Gasteiger partial charge in [-0.2, -0.15) is 17.0 Å². The molecule has 2 atom stereocenters. The van der Waals surface area contributed by atoms with Crippen LogP contribution in [0.2, 0.25) is 10.0 Å². The van der Waals surface area contributed by atoms with Gasteiger partial charge in [0.15, 0.2) is 0 Å². The molecule has 2 unspecified atom stereocenters. The molecular weight excluding hydrogens is 511 g/mol. The zero-order chi connectivity index (χ0) is 25.1. The van der Waals surface area contributed by atoms with Crippen molar-refractivity contribution >= 4 is 40.9 Å². The van der Waals surface area contributed by atoms with Crippen molar-refractivity contribution in [1.82, 2.24) is 4.90 Å². The van der Waals surface area contributed by atoms with Crippen LogP contribution in [0.15, 0.2) is 66.7 Å². The first-order valence-corrected chi connectivity index (χ1v) is 14.0.